The van der Waals surface area contributed by atoms with E-state index in [9.17, 15) is 9.90 Å². The second kappa shape index (κ2) is 5.02. The number of anilines is 1. The molecular formula is C17H18N2O3. The van der Waals surface area contributed by atoms with E-state index < -0.39 is 5.97 Å². The Balaban J connectivity index is 2.04. The quantitative estimate of drug-likeness (QED) is 0.889. The summed E-state index contributed by atoms with van der Waals surface area (Å²) < 4.78 is 5.73. The molecule has 0 unspecified atom stereocenters. The average molecular weight is 298 g/mol. The summed E-state index contributed by atoms with van der Waals surface area (Å²) in [6, 6.07) is 9.00. The zero-order chi connectivity index (χ0) is 15.9. The van der Waals surface area contributed by atoms with Gasteiger partial charge in [0.1, 0.15) is 6.61 Å². The van der Waals surface area contributed by atoms with E-state index in [0.29, 0.717) is 23.7 Å². The molecule has 0 radical (unpaired) electrons. The molecule has 1 aromatic carbocycles. The minimum absolute atomic E-state index is 0.130. The van der Waals surface area contributed by atoms with Gasteiger partial charge in [0.2, 0.25) is 5.88 Å². The molecule has 1 aliphatic rings. The van der Waals surface area contributed by atoms with Crippen molar-refractivity contribution in [3.8, 4) is 17.1 Å². The molecule has 0 saturated heterocycles. The monoisotopic (exact) mass is 298 g/mol. The lowest BCUT2D eigenvalue weighted by Gasteiger charge is -2.33. The van der Waals surface area contributed by atoms with Crippen molar-refractivity contribution in [2.45, 2.75) is 26.3 Å². The van der Waals surface area contributed by atoms with Crippen LogP contribution in [0.5, 0.6) is 5.88 Å². The Hall–Kier alpha value is -2.56. The molecule has 0 spiro atoms. The number of rotatable bonds is 2. The Bertz CT molecular complexity index is 754. The number of fused-ring (bicyclic) bond motifs is 1. The smallest absolute Gasteiger partial charge is 0.335 e. The Morgan fingerprint density at radius 1 is 1.32 bits per heavy atom. The van der Waals surface area contributed by atoms with Gasteiger partial charge < -0.3 is 15.2 Å². The average Bonchev–Trinajstić information content (AvgIpc) is 2.46. The summed E-state index contributed by atoms with van der Waals surface area (Å²) in [4.78, 5) is 15.8. The SMILES string of the molecule is Cc1c(C(=O)O)cccc1-c1ccc2c(n1)OCC(C)(C)N2. The summed E-state index contributed by atoms with van der Waals surface area (Å²) in [7, 11) is 0. The number of nitrogens with zero attached hydrogens (tertiary/aromatic N) is 1. The minimum atomic E-state index is -0.933. The topological polar surface area (TPSA) is 71.5 Å². The predicted molar refractivity (Wildman–Crippen MR) is 84.6 cm³/mol. The lowest BCUT2D eigenvalue weighted by molar-refractivity contribution is 0.0696. The van der Waals surface area contributed by atoms with E-state index in [1.54, 1.807) is 19.1 Å². The van der Waals surface area contributed by atoms with Gasteiger partial charge in [0.25, 0.3) is 0 Å². The van der Waals surface area contributed by atoms with Crippen molar-refractivity contribution in [1.82, 2.24) is 4.98 Å². The number of benzene rings is 1. The van der Waals surface area contributed by atoms with E-state index in [1.807, 2.05) is 18.2 Å². The Labute approximate surface area is 129 Å². The van der Waals surface area contributed by atoms with Crippen molar-refractivity contribution < 1.29 is 14.6 Å². The Morgan fingerprint density at radius 2 is 2.09 bits per heavy atom. The number of carbonyl (C=O) groups is 1. The first-order valence-corrected chi connectivity index (χ1v) is 7.13. The standard InChI is InChI=1S/C17H18N2O3/c1-10-11(5-4-6-12(10)16(20)21)13-7-8-14-15(18-13)22-9-17(2,3)19-14/h4-8,19H,9H2,1-3H3,(H,20,21). The van der Waals surface area contributed by atoms with Crippen LogP contribution in [0.2, 0.25) is 0 Å². The van der Waals surface area contributed by atoms with Gasteiger partial charge in [-0.1, -0.05) is 12.1 Å². The maximum Gasteiger partial charge on any atom is 0.335 e. The fraction of sp³-hybridized carbons (Fsp3) is 0.294. The molecule has 5 nitrogen and oxygen atoms in total. The Morgan fingerprint density at radius 3 is 2.82 bits per heavy atom. The predicted octanol–water partition coefficient (Wildman–Crippen LogP) is 3.34. The van der Waals surface area contributed by atoms with Gasteiger partial charge in [0.05, 0.1) is 22.5 Å². The van der Waals surface area contributed by atoms with Crippen LogP contribution >= 0.6 is 0 Å². The van der Waals surface area contributed by atoms with Gasteiger partial charge in [-0.05, 0) is 44.5 Å². The molecule has 0 fully saturated rings. The van der Waals surface area contributed by atoms with Gasteiger partial charge >= 0.3 is 5.97 Å². The number of carboxylic acids is 1. The number of pyridine rings is 1. The van der Waals surface area contributed by atoms with Crippen molar-refractivity contribution >= 4 is 11.7 Å². The molecule has 0 aliphatic carbocycles. The zero-order valence-electron chi connectivity index (χ0n) is 12.8. The summed E-state index contributed by atoms with van der Waals surface area (Å²) in [6.45, 7) is 6.45. The van der Waals surface area contributed by atoms with E-state index in [2.05, 4.69) is 24.1 Å². The molecule has 0 bridgehead atoms. The third-order valence-corrected chi connectivity index (χ3v) is 3.74. The van der Waals surface area contributed by atoms with Gasteiger partial charge in [-0.3, -0.25) is 0 Å². The maximum absolute atomic E-state index is 11.3. The third kappa shape index (κ3) is 2.50. The van der Waals surface area contributed by atoms with E-state index in [0.717, 1.165) is 11.3 Å². The first kappa shape index (κ1) is 14.4. The van der Waals surface area contributed by atoms with Crippen molar-refractivity contribution in [1.29, 1.82) is 0 Å². The van der Waals surface area contributed by atoms with Crippen molar-refractivity contribution in [2.24, 2.45) is 0 Å². The first-order chi connectivity index (χ1) is 10.4. The highest BCUT2D eigenvalue weighted by Crippen LogP contribution is 2.34. The lowest BCUT2D eigenvalue weighted by Crippen LogP contribution is -2.41. The van der Waals surface area contributed by atoms with Crippen molar-refractivity contribution in [2.75, 3.05) is 11.9 Å². The largest absolute Gasteiger partial charge is 0.478 e. The molecule has 22 heavy (non-hydrogen) atoms. The van der Waals surface area contributed by atoms with Crippen LogP contribution < -0.4 is 10.1 Å². The second-order valence-corrected chi connectivity index (χ2v) is 6.13. The van der Waals surface area contributed by atoms with Gasteiger partial charge in [0.15, 0.2) is 0 Å². The summed E-state index contributed by atoms with van der Waals surface area (Å²) in [5.74, 6) is -0.381. The van der Waals surface area contributed by atoms with Gasteiger partial charge in [-0.25, -0.2) is 9.78 Å². The van der Waals surface area contributed by atoms with E-state index >= 15 is 0 Å². The molecule has 0 saturated carbocycles. The fourth-order valence-corrected chi connectivity index (χ4v) is 2.59. The molecule has 1 aromatic heterocycles. The van der Waals surface area contributed by atoms with E-state index in [-0.39, 0.29) is 11.1 Å². The normalized spacial score (nSPS) is 15.4. The number of hydrogen-bond acceptors (Lipinski definition) is 4. The molecule has 3 rings (SSSR count). The van der Waals surface area contributed by atoms with E-state index in [1.165, 1.54) is 0 Å². The molecule has 0 amide bonds. The van der Waals surface area contributed by atoms with Crippen LogP contribution in [0.1, 0.15) is 29.8 Å². The van der Waals surface area contributed by atoms with Crippen LogP contribution in [0, 0.1) is 6.92 Å². The van der Waals surface area contributed by atoms with Crippen molar-refractivity contribution in [3.05, 3.63) is 41.5 Å². The van der Waals surface area contributed by atoms with Crippen molar-refractivity contribution in [3.63, 3.8) is 0 Å². The molecule has 0 atom stereocenters. The van der Waals surface area contributed by atoms with Crippen LogP contribution in [-0.4, -0.2) is 28.2 Å². The summed E-state index contributed by atoms with van der Waals surface area (Å²) in [6.07, 6.45) is 0. The molecule has 114 valence electrons. The number of nitrogens with one attached hydrogen (secondary N) is 1. The highest BCUT2D eigenvalue weighted by Gasteiger charge is 2.26. The molecular weight excluding hydrogens is 280 g/mol. The first-order valence-electron chi connectivity index (χ1n) is 7.13. The number of carboxylic acid groups (broad SMARTS) is 1. The fourth-order valence-electron chi connectivity index (χ4n) is 2.59. The van der Waals surface area contributed by atoms with E-state index in [4.69, 9.17) is 4.74 Å². The van der Waals surface area contributed by atoms with Crippen LogP contribution in [0.15, 0.2) is 30.3 Å². The van der Waals surface area contributed by atoms with Crippen LogP contribution in [-0.2, 0) is 0 Å². The molecule has 1 aliphatic heterocycles. The molecule has 5 heteroatoms. The van der Waals surface area contributed by atoms with Crippen LogP contribution in [0.4, 0.5) is 5.69 Å². The Kier molecular flexibility index (Phi) is 3.28. The second-order valence-electron chi connectivity index (χ2n) is 6.13. The molecule has 2 N–H and O–H groups in total. The summed E-state index contributed by atoms with van der Waals surface area (Å²) in [5, 5.41) is 12.6. The number of hydrogen-bond donors (Lipinski definition) is 2. The highest BCUT2D eigenvalue weighted by atomic mass is 16.5. The van der Waals surface area contributed by atoms with Crippen LogP contribution in [0.25, 0.3) is 11.3 Å². The summed E-state index contributed by atoms with van der Waals surface area (Å²) in [5.41, 5.74) is 3.22. The highest BCUT2D eigenvalue weighted by molar-refractivity contribution is 5.91. The van der Waals surface area contributed by atoms with Gasteiger partial charge in [0, 0.05) is 5.56 Å². The maximum atomic E-state index is 11.3. The zero-order valence-corrected chi connectivity index (χ0v) is 12.8. The van der Waals surface area contributed by atoms with Gasteiger partial charge in [-0.15, -0.1) is 0 Å². The summed E-state index contributed by atoms with van der Waals surface area (Å²) >= 11 is 0. The number of aromatic nitrogens is 1. The van der Waals surface area contributed by atoms with Gasteiger partial charge in [-0.2, -0.15) is 0 Å². The molecule has 2 aromatic rings. The number of aromatic carboxylic acids is 1. The van der Waals surface area contributed by atoms with Crippen LogP contribution in [0.3, 0.4) is 0 Å². The minimum Gasteiger partial charge on any atom is -0.478 e. The number of ether oxygens (including phenoxy) is 1. The third-order valence-electron chi connectivity index (χ3n) is 3.74. The molecule has 2 heterocycles. The lowest BCUT2D eigenvalue weighted by atomic mass is 9.99.